The maximum Gasteiger partial charge on any atom is 0.317 e. The van der Waals surface area contributed by atoms with Crippen molar-refractivity contribution in [1.82, 2.24) is 10.2 Å². The van der Waals surface area contributed by atoms with Crippen LogP contribution in [0.15, 0.2) is 24.3 Å². The van der Waals surface area contributed by atoms with Crippen LogP contribution in [0.1, 0.15) is 12.5 Å². The van der Waals surface area contributed by atoms with E-state index in [1.165, 1.54) is 17.0 Å². The van der Waals surface area contributed by atoms with Crippen LogP contribution >= 0.6 is 0 Å². The van der Waals surface area contributed by atoms with E-state index in [4.69, 9.17) is 5.11 Å². The molecule has 1 unspecified atom stereocenters. The van der Waals surface area contributed by atoms with Crippen LogP contribution in [0.5, 0.6) is 0 Å². The van der Waals surface area contributed by atoms with Gasteiger partial charge in [0.2, 0.25) is 0 Å². The molecule has 20 heavy (non-hydrogen) atoms. The molecule has 0 aliphatic heterocycles. The van der Waals surface area contributed by atoms with Crippen molar-refractivity contribution < 1.29 is 19.1 Å². The van der Waals surface area contributed by atoms with Crippen molar-refractivity contribution in [3.8, 4) is 0 Å². The van der Waals surface area contributed by atoms with Gasteiger partial charge in [0.05, 0.1) is 5.92 Å². The predicted molar refractivity (Wildman–Crippen MR) is 72.9 cm³/mol. The standard InChI is InChI=1S/C14H19FN2O3/c1-10(13(18)19)9-17(2)14(20)16-8-7-11-3-5-12(15)6-4-11/h3-6,10H,7-9H2,1-2H3,(H,16,20)(H,18,19). The third-order valence-electron chi connectivity index (χ3n) is 2.92. The summed E-state index contributed by atoms with van der Waals surface area (Å²) in [4.78, 5) is 23.7. The Morgan fingerprint density at radius 3 is 2.50 bits per heavy atom. The largest absolute Gasteiger partial charge is 0.481 e. The molecule has 2 N–H and O–H groups in total. The lowest BCUT2D eigenvalue weighted by molar-refractivity contribution is -0.141. The number of urea groups is 1. The van der Waals surface area contributed by atoms with Crippen molar-refractivity contribution in [2.45, 2.75) is 13.3 Å². The van der Waals surface area contributed by atoms with E-state index in [1.807, 2.05) is 0 Å². The first-order chi connectivity index (χ1) is 9.40. The molecular formula is C14H19FN2O3. The van der Waals surface area contributed by atoms with Gasteiger partial charge in [-0.05, 0) is 24.1 Å². The fraction of sp³-hybridized carbons (Fsp3) is 0.429. The highest BCUT2D eigenvalue weighted by molar-refractivity contribution is 5.75. The van der Waals surface area contributed by atoms with E-state index in [0.717, 1.165) is 5.56 Å². The van der Waals surface area contributed by atoms with Crippen LogP contribution in [-0.4, -0.2) is 42.1 Å². The van der Waals surface area contributed by atoms with Gasteiger partial charge in [-0.25, -0.2) is 9.18 Å². The van der Waals surface area contributed by atoms with Gasteiger partial charge in [0.15, 0.2) is 0 Å². The number of rotatable bonds is 6. The molecule has 0 aliphatic carbocycles. The molecule has 0 radical (unpaired) electrons. The second kappa shape index (κ2) is 7.47. The summed E-state index contributed by atoms with van der Waals surface area (Å²) >= 11 is 0. The minimum Gasteiger partial charge on any atom is -0.481 e. The zero-order chi connectivity index (χ0) is 15.1. The van der Waals surface area contributed by atoms with E-state index >= 15 is 0 Å². The minimum absolute atomic E-state index is 0.151. The van der Waals surface area contributed by atoms with E-state index in [0.29, 0.717) is 13.0 Å². The molecule has 0 bridgehead atoms. The monoisotopic (exact) mass is 282 g/mol. The molecule has 1 rings (SSSR count). The van der Waals surface area contributed by atoms with Crippen LogP contribution in [0.2, 0.25) is 0 Å². The van der Waals surface area contributed by atoms with Gasteiger partial charge in [-0.1, -0.05) is 19.1 Å². The van der Waals surface area contributed by atoms with E-state index in [9.17, 15) is 14.0 Å². The number of carboxylic acids is 1. The zero-order valence-electron chi connectivity index (χ0n) is 11.6. The molecule has 1 aromatic rings. The number of hydrogen-bond donors (Lipinski definition) is 2. The summed E-state index contributed by atoms with van der Waals surface area (Å²) in [5, 5.41) is 11.5. The Kier molecular flexibility index (Phi) is 5.96. The normalized spacial score (nSPS) is 11.8. The van der Waals surface area contributed by atoms with Gasteiger partial charge in [-0.2, -0.15) is 0 Å². The summed E-state index contributed by atoms with van der Waals surface area (Å²) in [6.07, 6.45) is 0.592. The molecule has 2 amide bonds. The van der Waals surface area contributed by atoms with E-state index in [2.05, 4.69) is 5.32 Å². The number of amides is 2. The Hall–Kier alpha value is -2.11. The van der Waals surface area contributed by atoms with Crippen molar-refractivity contribution in [3.05, 3.63) is 35.6 Å². The van der Waals surface area contributed by atoms with Crippen LogP contribution in [0.25, 0.3) is 0 Å². The number of carbonyl (C=O) groups excluding carboxylic acids is 1. The van der Waals surface area contributed by atoms with Gasteiger partial charge in [0, 0.05) is 20.1 Å². The fourth-order valence-corrected chi connectivity index (χ4v) is 1.67. The lowest BCUT2D eigenvalue weighted by Crippen LogP contribution is -2.41. The van der Waals surface area contributed by atoms with E-state index in [1.54, 1.807) is 26.1 Å². The van der Waals surface area contributed by atoms with Crippen LogP contribution in [0, 0.1) is 11.7 Å². The SMILES string of the molecule is CC(CN(C)C(=O)NCCc1ccc(F)cc1)C(=O)O. The molecular weight excluding hydrogens is 263 g/mol. The average Bonchev–Trinajstić information content (AvgIpc) is 2.40. The van der Waals surface area contributed by atoms with Gasteiger partial charge in [0.25, 0.3) is 0 Å². The highest BCUT2D eigenvalue weighted by atomic mass is 19.1. The third-order valence-corrected chi connectivity index (χ3v) is 2.92. The molecule has 0 spiro atoms. The molecule has 1 aromatic carbocycles. The Bertz CT molecular complexity index is 462. The summed E-state index contributed by atoms with van der Waals surface area (Å²) in [5.41, 5.74) is 0.924. The molecule has 0 heterocycles. The van der Waals surface area contributed by atoms with Crippen molar-refractivity contribution in [2.24, 2.45) is 5.92 Å². The van der Waals surface area contributed by atoms with Crippen LogP contribution in [-0.2, 0) is 11.2 Å². The lowest BCUT2D eigenvalue weighted by Gasteiger charge is -2.20. The molecule has 6 heteroatoms. The second-order valence-electron chi connectivity index (χ2n) is 4.73. The van der Waals surface area contributed by atoms with Crippen molar-refractivity contribution in [2.75, 3.05) is 20.1 Å². The minimum atomic E-state index is -0.934. The first-order valence-corrected chi connectivity index (χ1v) is 6.36. The summed E-state index contributed by atoms with van der Waals surface area (Å²) in [6, 6.07) is 5.76. The van der Waals surface area contributed by atoms with Gasteiger partial charge in [-0.3, -0.25) is 4.79 Å². The Balaban J connectivity index is 2.32. The van der Waals surface area contributed by atoms with E-state index < -0.39 is 11.9 Å². The number of carboxylic acid groups (broad SMARTS) is 1. The van der Waals surface area contributed by atoms with Crippen LogP contribution < -0.4 is 5.32 Å². The predicted octanol–water partition coefficient (Wildman–Crippen LogP) is 1.73. The number of carbonyl (C=O) groups is 2. The first kappa shape index (κ1) is 15.9. The summed E-state index contributed by atoms with van der Waals surface area (Å²) in [5.74, 6) is -1.83. The van der Waals surface area contributed by atoms with Crippen molar-refractivity contribution in [1.29, 1.82) is 0 Å². The van der Waals surface area contributed by atoms with Crippen LogP contribution in [0.4, 0.5) is 9.18 Å². The van der Waals surface area contributed by atoms with Gasteiger partial charge >= 0.3 is 12.0 Å². The summed E-state index contributed by atoms with van der Waals surface area (Å²) in [6.45, 7) is 2.11. The maximum absolute atomic E-state index is 12.7. The number of halogens is 1. The smallest absolute Gasteiger partial charge is 0.317 e. The number of nitrogens with zero attached hydrogens (tertiary/aromatic N) is 1. The number of aliphatic carboxylic acids is 1. The van der Waals surface area contributed by atoms with Crippen LogP contribution in [0.3, 0.4) is 0 Å². The van der Waals surface area contributed by atoms with Crippen molar-refractivity contribution >= 4 is 12.0 Å². The average molecular weight is 282 g/mol. The Morgan fingerprint density at radius 1 is 1.35 bits per heavy atom. The van der Waals surface area contributed by atoms with Gasteiger partial charge in [-0.15, -0.1) is 0 Å². The number of nitrogens with one attached hydrogen (secondary N) is 1. The molecule has 0 saturated heterocycles. The highest BCUT2D eigenvalue weighted by Crippen LogP contribution is 2.03. The highest BCUT2D eigenvalue weighted by Gasteiger charge is 2.16. The molecule has 110 valence electrons. The molecule has 0 fully saturated rings. The first-order valence-electron chi connectivity index (χ1n) is 6.36. The van der Waals surface area contributed by atoms with E-state index in [-0.39, 0.29) is 18.4 Å². The lowest BCUT2D eigenvalue weighted by atomic mass is 10.1. The molecule has 5 nitrogen and oxygen atoms in total. The zero-order valence-corrected chi connectivity index (χ0v) is 11.6. The Labute approximate surface area is 117 Å². The molecule has 0 saturated carbocycles. The Morgan fingerprint density at radius 2 is 1.95 bits per heavy atom. The summed E-state index contributed by atoms with van der Waals surface area (Å²) in [7, 11) is 1.55. The second-order valence-corrected chi connectivity index (χ2v) is 4.73. The van der Waals surface area contributed by atoms with Gasteiger partial charge < -0.3 is 15.3 Å². The number of benzene rings is 1. The maximum atomic E-state index is 12.7. The van der Waals surface area contributed by atoms with Crippen molar-refractivity contribution in [3.63, 3.8) is 0 Å². The summed E-state index contributed by atoms with van der Waals surface area (Å²) < 4.78 is 12.7. The number of hydrogen-bond acceptors (Lipinski definition) is 2. The molecule has 1 atom stereocenters. The third kappa shape index (κ3) is 5.26. The van der Waals surface area contributed by atoms with Gasteiger partial charge in [0.1, 0.15) is 5.82 Å². The molecule has 0 aromatic heterocycles. The topological polar surface area (TPSA) is 69.6 Å². The molecule has 0 aliphatic rings. The fourth-order valence-electron chi connectivity index (χ4n) is 1.67. The quantitative estimate of drug-likeness (QED) is 0.835.